The predicted octanol–water partition coefficient (Wildman–Crippen LogP) is 3.93. The van der Waals surface area contributed by atoms with Crippen LogP contribution in [-0.4, -0.2) is 55.1 Å². The minimum absolute atomic E-state index is 0.0315. The molecular formula is C27H28N8O2. The van der Waals surface area contributed by atoms with Gasteiger partial charge in [-0.2, -0.15) is 5.10 Å². The monoisotopic (exact) mass is 496 g/mol. The van der Waals surface area contributed by atoms with Gasteiger partial charge in [-0.15, -0.1) is 0 Å². The molecule has 2 saturated heterocycles. The molecule has 0 aliphatic carbocycles. The number of pyridine rings is 1. The van der Waals surface area contributed by atoms with Crippen LogP contribution in [0.4, 0.5) is 11.6 Å². The third kappa shape index (κ3) is 3.93. The molecule has 2 atom stereocenters. The third-order valence-electron chi connectivity index (χ3n) is 7.29. The van der Waals surface area contributed by atoms with E-state index in [9.17, 15) is 0 Å². The molecular weight excluding hydrogens is 468 g/mol. The molecule has 0 bridgehead atoms. The summed E-state index contributed by atoms with van der Waals surface area (Å²) in [6, 6.07) is 12.3. The molecule has 0 spiro atoms. The molecule has 1 aromatic carbocycles. The first-order chi connectivity index (χ1) is 18.1. The van der Waals surface area contributed by atoms with Crippen LogP contribution in [0.5, 0.6) is 5.75 Å². The molecule has 2 aliphatic rings. The van der Waals surface area contributed by atoms with Crippen LogP contribution >= 0.6 is 0 Å². The number of ether oxygens (including phenoxy) is 2. The summed E-state index contributed by atoms with van der Waals surface area (Å²) in [5.41, 5.74) is 9.69. The van der Waals surface area contributed by atoms with E-state index in [4.69, 9.17) is 20.2 Å². The Morgan fingerprint density at radius 1 is 1.11 bits per heavy atom. The second-order valence-electron chi connectivity index (χ2n) is 9.75. The zero-order chi connectivity index (χ0) is 24.9. The zero-order valence-corrected chi connectivity index (χ0v) is 20.6. The SMILES string of the molecule is Cn1ccc(-c2cn([C@H]3CC[C@@H](COc4ccc5ccc(N6CCC6)nc5c4)O3)c3ncnc(N)c23)n1. The number of nitrogens with two attached hydrogens (primary N) is 1. The number of hydrogen-bond donors (Lipinski definition) is 1. The maximum atomic E-state index is 6.42. The molecule has 0 amide bonds. The fourth-order valence-corrected chi connectivity index (χ4v) is 5.18. The summed E-state index contributed by atoms with van der Waals surface area (Å²) in [7, 11) is 1.89. The highest BCUT2D eigenvalue weighted by molar-refractivity contribution is 5.99. The van der Waals surface area contributed by atoms with E-state index in [0.717, 1.165) is 70.7 Å². The standard InChI is InChI=1S/C27H28N8O2/c1-33-12-9-21(32-33)20-14-35(27-25(20)26(28)29-16-30-27)24-8-6-19(37-24)15-36-18-5-3-17-4-7-23(31-22(17)13-18)34-10-2-11-34/h3-5,7,9,12-14,16,19,24H,2,6,8,10-11,15H2,1H3,(H2,28,29,30)/t19-,24+/m0/s1. The molecule has 0 saturated carbocycles. The average molecular weight is 497 g/mol. The molecule has 6 heterocycles. The van der Waals surface area contributed by atoms with Crippen molar-refractivity contribution in [2.45, 2.75) is 31.6 Å². The Morgan fingerprint density at radius 3 is 2.81 bits per heavy atom. The van der Waals surface area contributed by atoms with Gasteiger partial charge in [-0.05, 0) is 49.6 Å². The van der Waals surface area contributed by atoms with Gasteiger partial charge in [-0.1, -0.05) is 0 Å². The van der Waals surface area contributed by atoms with E-state index >= 15 is 0 Å². The van der Waals surface area contributed by atoms with Crippen LogP contribution in [0.3, 0.4) is 0 Å². The molecule has 2 N–H and O–H groups in total. The first-order valence-corrected chi connectivity index (χ1v) is 12.7. The average Bonchev–Trinajstić information content (AvgIpc) is 3.60. The second-order valence-corrected chi connectivity index (χ2v) is 9.75. The molecule has 4 aromatic heterocycles. The second kappa shape index (κ2) is 8.74. The van der Waals surface area contributed by atoms with Gasteiger partial charge < -0.3 is 24.7 Å². The van der Waals surface area contributed by atoms with Crippen molar-refractivity contribution in [3.05, 3.63) is 55.1 Å². The molecule has 10 heteroatoms. The Bertz CT molecular complexity index is 1610. The molecule has 37 heavy (non-hydrogen) atoms. The van der Waals surface area contributed by atoms with Crippen LogP contribution < -0.4 is 15.4 Å². The predicted molar refractivity (Wildman–Crippen MR) is 141 cm³/mol. The van der Waals surface area contributed by atoms with E-state index in [0.29, 0.717) is 12.4 Å². The highest BCUT2D eigenvalue weighted by atomic mass is 16.6. The van der Waals surface area contributed by atoms with Gasteiger partial charge in [0.15, 0.2) is 0 Å². The maximum Gasteiger partial charge on any atom is 0.148 e. The van der Waals surface area contributed by atoms with Crippen LogP contribution in [0.1, 0.15) is 25.5 Å². The lowest BCUT2D eigenvalue weighted by atomic mass is 10.2. The van der Waals surface area contributed by atoms with E-state index in [-0.39, 0.29) is 12.3 Å². The molecule has 7 rings (SSSR count). The van der Waals surface area contributed by atoms with E-state index in [2.05, 4.69) is 42.7 Å². The number of hydrogen-bond acceptors (Lipinski definition) is 8. The summed E-state index contributed by atoms with van der Waals surface area (Å²) in [6.45, 7) is 2.62. The van der Waals surface area contributed by atoms with Crippen LogP contribution in [0.2, 0.25) is 0 Å². The smallest absolute Gasteiger partial charge is 0.148 e. The number of benzene rings is 1. The van der Waals surface area contributed by atoms with Gasteiger partial charge in [0, 0.05) is 49.5 Å². The Hall–Kier alpha value is -4.18. The third-order valence-corrected chi connectivity index (χ3v) is 7.29. The van der Waals surface area contributed by atoms with Gasteiger partial charge in [0.05, 0.1) is 22.7 Å². The molecule has 10 nitrogen and oxygen atoms in total. The van der Waals surface area contributed by atoms with Crippen molar-refractivity contribution in [2.24, 2.45) is 7.05 Å². The van der Waals surface area contributed by atoms with Crippen LogP contribution in [0.15, 0.2) is 55.1 Å². The minimum Gasteiger partial charge on any atom is -0.491 e. The molecule has 0 unspecified atom stereocenters. The van der Waals surface area contributed by atoms with Gasteiger partial charge >= 0.3 is 0 Å². The van der Waals surface area contributed by atoms with Crippen molar-refractivity contribution in [3.63, 3.8) is 0 Å². The van der Waals surface area contributed by atoms with E-state index in [1.165, 1.54) is 12.7 Å². The van der Waals surface area contributed by atoms with Crippen molar-refractivity contribution >= 4 is 33.6 Å². The quantitative estimate of drug-likeness (QED) is 0.377. The summed E-state index contributed by atoms with van der Waals surface area (Å²) in [6.07, 6.45) is 8.19. The van der Waals surface area contributed by atoms with Crippen LogP contribution in [-0.2, 0) is 11.8 Å². The lowest BCUT2D eigenvalue weighted by molar-refractivity contribution is -0.0155. The fraction of sp³-hybridized carbons (Fsp3) is 0.333. The summed E-state index contributed by atoms with van der Waals surface area (Å²) in [4.78, 5) is 15.9. The first kappa shape index (κ1) is 22.1. The van der Waals surface area contributed by atoms with Crippen molar-refractivity contribution < 1.29 is 9.47 Å². The van der Waals surface area contributed by atoms with E-state index < -0.39 is 0 Å². The Morgan fingerprint density at radius 2 is 2.00 bits per heavy atom. The number of rotatable bonds is 6. The summed E-state index contributed by atoms with van der Waals surface area (Å²) in [5, 5.41) is 6.46. The van der Waals surface area contributed by atoms with Gasteiger partial charge in [0.25, 0.3) is 0 Å². The molecule has 2 fully saturated rings. The number of nitrogens with zero attached hydrogens (tertiary/aromatic N) is 7. The zero-order valence-electron chi connectivity index (χ0n) is 20.6. The number of nitrogen functional groups attached to an aromatic ring is 1. The summed E-state index contributed by atoms with van der Waals surface area (Å²) < 4.78 is 16.4. The van der Waals surface area contributed by atoms with Gasteiger partial charge in [-0.25, -0.2) is 15.0 Å². The molecule has 5 aromatic rings. The van der Waals surface area contributed by atoms with Gasteiger partial charge in [-0.3, -0.25) is 4.68 Å². The Balaban J connectivity index is 1.08. The number of anilines is 2. The van der Waals surface area contributed by atoms with Crippen LogP contribution in [0.25, 0.3) is 33.2 Å². The summed E-state index contributed by atoms with van der Waals surface area (Å²) in [5.74, 6) is 2.27. The topological polar surface area (TPSA) is 109 Å². The lowest BCUT2D eigenvalue weighted by Crippen LogP contribution is -2.37. The minimum atomic E-state index is -0.166. The van der Waals surface area contributed by atoms with Crippen molar-refractivity contribution in [1.29, 1.82) is 0 Å². The van der Waals surface area contributed by atoms with Gasteiger partial charge in [0.1, 0.15) is 42.2 Å². The van der Waals surface area contributed by atoms with Crippen LogP contribution in [0, 0.1) is 0 Å². The molecule has 2 aliphatic heterocycles. The number of fused-ring (bicyclic) bond motifs is 2. The van der Waals surface area contributed by atoms with E-state index in [1.54, 1.807) is 4.68 Å². The Labute approximate surface area is 213 Å². The lowest BCUT2D eigenvalue weighted by Gasteiger charge is -2.32. The largest absolute Gasteiger partial charge is 0.491 e. The summed E-state index contributed by atoms with van der Waals surface area (Å²) >= 11 is 0. The molecule has 0 radical (unpaired) electrons. The number of aromatic nitrogens is 6. The van der Waals surface area contributed by atoms with Crippen molar-refractivity contribution in [1.82, 2.24) is 29.3 Å². The highest BCUT2D eigenvalue weighted by Gasteiger charge is 2.30. The van der Waals surface area contributed by atoms with E-state index in [1.807, 2.05) is 37.6 Å². The number of aryl methyl sites for hydroxylation is 1. The van der Waals surface area contributed by atoms with Crippen molar-refractivity contribution in [2.75, 3.05) is 30.3 Å². The first-order valence-electron chi connectivity index (χ1n) is 12.7. The normalized spacial score (nSPS) is 19.5. The maximum absolute atomic E-state index is 6.42. The fourth-order valence-electron chi connectivity index (χ4n) is 5.18. The highest BCUT2D eigenvalue weighted by Crippen LogP contribution is 2.37. The molecule has 188 valence electrons. The van der Waals surface area contributed by atoms with Crippen molar-refractivity contribution in [3.8, 4) is 17.0 Å². The van der Waals surface area contributed by atoms with Gasteiger partial charge in [0.2, 0.25) is 0 Å². The Kier molecular flexibility index (Phi) is 5.21.